The average Bonchev–Trinajstić information content (AvgIpc) is 1.97. The zero-order valence-electron chi connectivity index (χ0n) is 7.86. The van der Waals surface area contributed by atoms with Gasteiger partial charge in [-0.1, -0.05) is 6.92 Å². The van der Waals surface area contributed by atoms with E-state index in [9.17, 15) is 0 Å². The lowest BCUT2D eigenvalue weighted by Gasteiger charge is -2.10. The van der Waals surface area contributed by atoms with Crippen LogP contribution in [0.5, 0.6) is 0 Å². The fourth-order valence-electron chi connectivity index (χ4n) is 0.876. The van der Waals surface area contributed by atoms with Crippen molar-refractivity contribution in [2.24, 2.45) is 0 Å². The van der Waals surface area contributed by atoms with Gasteiger partial charge in [0.15, 0.2) is 0 Å². The first-order chi connectivity index (χ1) is 5.16. The van der Waals surface area contributed by atoms with Gasteiger partial charge in [0, 0.05) is 11.4 Å². The Morgan fingerprint density at radius 2 is 2.00 bits per heavy atom. The highest BCUT2D eigenvalue weighted by atomic mass is 35.5. The van der Waals surface area contributed by atoms with Gasteiger partial charge in [-0.25, -0.2) is 0 Å². The highest BCUT2D eigenvalue weighted by Gasteiger charge is 1.98. The van der Waals surface area contributed by atoms with Crippen molar-refractivity contribution >= 4 is 11.6 Å². The van der Waals surface area contributed by atoms with Crippen LogP contribution in [0.4, 0.5) is 0 Å². The molecular formula is C9H20ClN. The van der Waals surface area contributed by atoms with Crippen molar-refractivity contribution in [3.63, 3.8) is 0 Å². The van der Waals surface area contributed by atoms with Gasteiger partial charge in [0.05, 0.1) is 0 Å². The molecule has 0 aromatic heterocycles. The van der Waals surface area contributed by atoms with Gasteiger partial charge >= 0.3 is 0 Å². The third-order valence-electron chi connectivity index (χ3n) is 1.88. The van der Waals surface area contributed by atoms with Crippen LogP contribution in [0, 0.1) is 0 Å². The molecule has 0 bridgehead atoms. The zero-order chi connectivity index (χ0) is 8.69. The van der Waals surface area contributed by atoms with Crippen molar-refractivity contribution in [2.45, 2.75) is 51.5 Å². The van der Waals surface area contributed by atoms with Crippen LogP contribution >= 0.6 is 11.6 Å². The summed E-state index contributed by atoms with van der Waals surface area (Å²) in [7, 11) is 0. The van der Waals surface area contributed by atoms with Crippen LogP contribution in [0.2, 0.25) is 0 Å². The lowest BCUT2D eigenvalue weighted by atomic mass is 10.2. The van der Waals surface area contributed by atoms with Crippen LogP contribution in [0.1, 0.15) is 40.0 Å². The molecule has 0 aliphatic heterocycles. The van der Waals surface area contributed by atoms with Gasteiger partial charge in [-0.05, 0) is 39.7 Å². The molecule has 0 heterocycles. The Balaban J connectivity index is 3.01. The Labute approximate surface area is 75.5 Å². The minimum Gasteiger partial charge on any atom is -0.314 e. The molecule has 0 aliphatic carbocycles. The van der Waals surface area contributed by atoms with E-state index in [0.29, 0.717) is 11.4 Å². The molecule has 1 nitrogen and oxygen atoms in total. The molecule has 68 valence electrons. The average molecular weight is 178 g/mol. The maximum atomic E-state index is 5.80. The van der Waals surface area contributed by atoms with Crippen molar-refractivity contribution in [1.29, 1.82) is 0 Å². The minimum atomic E-state index is 0.328. The second kappa shape index (κ2) is 6.93. The summed E-state index contributed by atoms with van der Waals surface area (Å²) in [6, 6.07) is 0.653. The summed E-state index contributed by atoms with van der Waals surface area (Å²) < 4.78 is 0. The minimum absolute atomic E-state index is 0.328. The van der Waals surface area contributed by atoms with E-state index in [1.54, 1.807) is 0 Å². The second-order valence-corrected chi connectivity index (χ2v) is 3.93. The molecule has 1 N–H and O–H groups in total. The number of halogens is 1. The molecule has 0 aromatic rings. The third-order valence-corrected chi connectivity index (χ3v) is 2.10. The van der Waals surface area contributed by atoms with Gasteiger partial charge in [0.25, 0.3) is 0 Å². The molecule has 2 heteroatoms. The van der Waals surface area contributed by atoms with E-state index >= 15 is 0 Å². The summed E-state index contributed by atoms with van der Waals surface area (Å²) in [6.45, 7) is 7.56. The molecule has 0 saturated carbocycles. The van der Waals surface area contributed by atoms with E-state index in [1.165, 1.54) is 12.8 Å². The van der Waals surface area contributed by atoms with Crippen LogP contribution in [0.25, 0.3) is 0 Å². The fraction of sp³-hybridized carbons (Fsp3) is 1.00. The lowest BCUT2D eigenvalue weighted by molar-refractivity contribution is 0.515. The molecule has 0 aliphatic rings. The van der Waals surface area contributed by atoms with Gasteiger partial charge in [0.1, 0.15) is 0 Å². The Bertz CT molecular complexity index is 83.6. The zero-order valence-corrected chi connectivity index (χ0v) is 8.62. The number of hydrogen-bond donors (Lipinski definition) is 1. The maximum Gasteiger partial charge on any atom is 0.0308 e. The molecule has 0 rings (SSSR count). The summed E-state index contributed by atoms with van der Waals surface area (Å²) in [5.74, 6) is 0. The van der Waals surface area contributed by atoms with E-state index < -0.39 is 0 Å². The predicted octanol–water partition coefficient (Wildman–Crippen LogP) is 2.78. The van der Waals surface area contributed by atoms with E-state index in [4.69, 9.17) is 11.6 Å². The monoisotopic (exact) mass is 177 g/mol. The summed E-state index contributed by atoms with van der Waals surface area (Å²) in [6.07, 6.45) is 3.51. The number of alkyl halides is 1. The predicted molar refractivity (Wildman–Crippen MR) is 52.3 cm³/mol. The SMILES string of the molecule is CCC(C)NCCCC(C)Cl. The third kappa shape index (κ3) is 8.15. The van der Waals surface area contributed by atoms with Gasteiger partial charge in [-0.15, -0.1) is 11.6 Å². The molecule has 0 spiro atoms. The molecule has 0 fully saturated rings. The molecule has 0 radical (unpaired) electrons. The number of nitrogens with one attached hydrogen (secondary N) is 1. The number of rotatable bonds is 6. The Kier molecular flexibility index (Phi) is 7.09. The molecule has 2 atom stereocenters. The highest BCUT2D eigenvalue weighted by molar-refractivity contribution is 6.20. The van der Waals surface area contributed by atoms with Gasteiger partial charge in [-0.3, -0.25) is 0 Å². The Hall–Kier alpha value is 0.250. The quantitative estimate of drug-likeness (QED) is 0.486. The molecular weight excluding hydrogens is 158 g/mol. The maximum absolute atomic E-state index is 5.80. The van der Waals surface area contributed by atoms with Crippen molar-refractivity contribution in [3.8, 4) is 0 Å². The second-order valence-electron chi connectivity index (χ2n) is 3.19. The van der Waals surface area contributed by atoms with Crippen LogP contribution in [0.3, 0.4) is 0 Å². The van der Waals surface area contributed by atoms with E-state index in [2.05, 4.69) is 19.2 Å². The van der Waals surface area contributed by atoms with Crippen molar-refractivity contribution < 1.29 is 0 Å². The Morgan fingerprint density at radius 1 is 1.36 bits per heavy atom. The largest absolute Gasteiger partial charge is 0.314 e. The molecule has 11 heavy (non-hydrogen) atoms. The van der Waals surface area contributed by atoms with Crippen LogP contribution in [0.15, 0.2) is 0 Å². The van der Waals surface area contributed by atoms with Gasteiger partial charge in [-0.2, -0.15) is 0 Å². The summed E-state index contributed by atoms with van der Waals surface area (Å²) in [5, 5.41) is 3.76. The summed E-state index contributed by atoms with van der Waals surface area (Å²) >= 11 is 5.80. The van der Waals surface area contributed by atoms with Crippen molar-refractivity contribution in [3.05, 3.63) is 0 Å². The number of hydrogen-bond acceptors (Lipinski definition) is 1. The summed E-state index contributed by atoms with van der Waals surface area (Å²) in [5.41, 5.74) is 0. The standard InChI is InChI=1S/C9H20ClN/c1-4-9(3)11-7-5-6-8(2)10/h8-9,11H,4-7H2,1-3H3. The van der Waals surface area contributed by atoms with Gasteiger partial charge in [0.2, 0.25) is 0 Å². The van der Waals surface area contributed by atoms with Crippen molar-refractivity contribution in [2.75, 3.05) is 6.54 Å². The van der Waals surface area contributed by atoms with Crippen LogP contribution < -0.4 is 5.32 Å². The molecule has 2 unspecified atom stereocenters. The first kappa shape index (κ1) is 11.2. The van der Waals surface area contributed by atoms with Crippen molar-refractivity contribution in [1.82, 2.24) is 5.32 Å². The first-order valence-corrected chi connectivity index (χ1v) is 4.98. The normalized spacial score (nSPS) is 16.4. The van der Waals surface area contributed by atoms with E-state index in [-0.39, 0.29) is 0 Å². The van der Waals surface area contributed by atoms with Crippen LogP contribution in [-0.4, -0.2) is 18.0 Å². The van der Waals surface area contributed by atoms with E-state index in [1.807, 2.05) is 6.92 Å². The van der Waals surface area contributed by atoms with E-state index in [0.717, 1.165) is 13.0 Å². The molecule has 0 aromatic carbocycles. The fourth-order valence-corrected chi connectivity index (χ4v) is 1.03. The van der Waals surface area contributed by atoms with Gasteiger partial charge < -0.3 is 5.32 Å². The lowest BCUT2D eigenvalue weighted by Crippen LogP contribution is -2.26. The smallest absolute Gasteiger partial charge is 0.0308 e. The first-order valence-electron chi connectivity index (χ1n) is 4.54. The summed E-state index contributed by atoms with van der Waals surface area (Å²) in [4.78, 5) is 0. The highest BCUT2D eigenvalue weighted by Crippen LogP contribution is 2.02. The topological polar surface area (TPSA) is 12.0 Å². The Morgan fingerprint density at radius 3 is 2.45 bits per heavy atom. The molecule has 0 amide bonds. The molecule has 0 saturated heterocycles. The van der Waals surface area contributed by atoms with Crippen LogP contribution in [-0.2, 0) is 0 Å².